The number of hydrogen-bond acceptors (Lipinski definition) is 5. The van der Waals surface area contributed by atoms with Crippen LogP contribution in [0.3, 0.4) is 0 Å². The molecule has 0 radical (unpaired) electrons. The minimum absolute atomic E-state index is 0.0638. The Hall–Kier alpha value is -1.40. The lowest BCUT2D eigenvalue weighted by molar-refractivity contribution is 0.0908. The molecule has 1 N–H and O–H groups in total. The molecule has 1 heterocycles. The largest absolute Gasteiger partial charge is 0.508 e. The van der Waals surface area contributed by atoms with Gasteiger partial charge in [-0.15, -0.1) is 0 Å². The Balaban J connectivity index is 2.02. The highest BCUT2D eigenvalue weighted by Crippen LogP contribution is 2.14. The first kappa shape index (κ1) is 14.0. The number of Topliss-reactive ketones (excluding diaryl/α,β-unsaturated/α-hetero) is 1. The number of aromatic hydroxyl groups is 1. The number of phenolic OH excluding ortho intramolecular Hbond substituents is 1. The third-order valence-electron chi connectivity index (χ3n) is 3.34. The van der Waals surface area contributed by atoms with Gasteiger partial charge in [0.25, 0.3) is 0 Å². The van der Waals surface area contributed by atoms with E-state index in [2.05, 4.69) is 0 Å². The molecule has 1 aromatic carbocycles. The van der Waals surface area contributed by atoms with E-state index >= 15 is 0 Å². The first-order valence-electron chi connectivity index (χ1n) is 6.14. The summed E-state index contributed by atoms with van der Waals surface area (Å²) in [4.78, 5) is 13.9. The van der Waals surface area contributed by atoms with Gasteiger partial charge in [0.05, 0.1) is 18.1 Å². The van der Waals surface area contributed by atoms with E-state index in [1.165, 1.54) is 12.1 Å². The molecule has 1 aliphatic rings. The van der Waals surface area contributed by atoms with Gasteiger partial charge in [-0.2, -0.15) is 0 Å². The minimum Gasteiger partial charge on any atom is -0.508 e. The summed E-state index contributed by atoms with van der Waals surface area (Å²) in [7, 11) is -2.96. The summed E-state index contributed by atoms with van der Waals surface area (Å²) in [5, 5.41) is 9.17. The fourth-order valence-electron chi connectivity index (χ4n) is 2.19. The standard InChI is InChI=1S/C13H17NO4S/c1-10-9-19(17,18)7-6-14(10)8-13(16)11-2-4-12(15)5-3-11/h2-5,10,15H,6-9H2,1H3. The van der Waals surface area contributed by atoms with Crippen LogP contribution in [0.15, 0.2) is 24.3 Å². The van der Waals surface area contributed by atoms with Crippen molar-refractivity contribution in [1.29, 1.82) is 0 Å². The van der Waals surface area contributed by atoms with E-state index in [1.54, 1.807) is 12.1 Å². The van der Waals surface area contributed by atoms with Gasteiger partial charge >= 0.3 is 0 Å². The fourth-order valence-corrected chi connectivity index (χ4v) is 3.82. The zero-order valence-electron chi connectivity index (χ0n) is 10.7. The zero-order valence-corrected chi connectivity index (χ0v) is 11.6. The summed E-state index contributed by atoms with van der Waals surface area (Å²) in [6, 6.07) is 5.94. The van der Waals surface area contributed by atoms with Crippen molar-refractivity contribution in [3.8, 4) is 5.75 Å². The van der Waals surface area contributed by atoms with Crippen LogP contribution in [0.5, 0.6) is 5.75 Å². The Morgan fingerprint density at radius 2 is 2.00 bits per heavy atom. The second-order valence-corrected chi connectivity index (χ2v) is 7.13. The average molecular weight is 283 g/mol. The predicted octanol–water partition coefficient (Wildman–Crippen LogP) is 0.694. The molecule has 1 atom stereocenters. The maximum absolute atomic E-state index is 12.1. The van der Waals surface area contributed by atoms with Crippen LogP contribution in [-0.2, 0) is 9.84 Å². The normalized spacial score (nSPS) is 23.1. The monoisotopic (exact) mass is 283 g/mol. The molecule has 2 rings (SSSR count). The van der Waals surface area contributed by atoms with Gasteiger partial charge < -0.3 is 5.11 Å². The molecule has 0 amide bonds. The maximum Gasteiger partial charge on any atom is 0.176 e. The summed E-state index contributed by atoms with van der Waals surface area (Å²) in [5.41, 5.74) is 0.526. The van der Waals surface area contributed by atoms with E-state index in [0.29, 0.717) is 12.1 Å². The van der Waals surface area contributed by atoms with Crippen molar-refractivity contribution in [1.82, 2.24) is 4.90 Å². The molecule has 6 heteroatoms. The molecule has 1 aromatic rings. The SMILES string of the molecule is CC1CS(=O)(=O)CCN1CC(=O)c1ccc(O)cc1. The van der Waals surface area contributed by atoms with Crippen LogP contribution >= 0.6 is 0 Å². The topological polar surface area (TPSA) is 74.7 Å². The van der Waals surface area contributed by atoms with E-state index < -0.39 is 9.84 Å². The van der Waals surface area contributed by atoms with E-state index in [0.717, 1.165) is 0 Å². The molecule has 104 valence electrons. The van der Waals surface area contributed by atoms with Crippen LogP contribution < -0.4 is 0 Å². The van der Waals surface area contributed by atoms with Gasteiger partial charge in [-0.3, -0.25) is 9.69 Å². The van der Waals surface area contributed by atoms with Gasteiger partial charge in [-0.05, 0) is 31.2 Å². The molecule has 0 spiro atoms. The molecule has 1 saturated heterocycles. The molecule has 1 fully saturated rings. The summed E-state index contributed by atoms with van der Waals surface area (Å²) >= 11 is 0. The molecule has 0 bridgehead atoms. The average Bonchev–Trinajstić information content (AvgIpc) is 2.33. The number of benzene rings is 1. The highest BCUT2D eigenvalue weighted by Gasteiger charge is 2.29. The third-order valence-corrected chi connectivity index (χ3v) is 5.14. The Morgan fingerprint density at radius 3 is 2.58 bits per heavy atom. The van der Waals surface area contributed by atoms with Crippen LogP contribution in [0.4, 0.5) is 0 Å². The molecular formula is C13H17NO4S. The van der Waals surface area contributed by atoms with Gasteiger partial charge in [0.1, 0.15) is 5.75 Å². The van der Waals surface area contributed by atoms with Crippen molar-refractivity contribution in [2.45, 2.75) is 13.0 Å². The first-order valence-corrected chi connectivity index (χ1v) is 7.96. The van der Waals surface area contributed by atoms with E-state index in [9.17, 15) is 18.3 Å². The van der Waals surface area contributed by atoms with E-state index in [-0.39, 0.29) is 35.6 Å². The Kier molecular flexibility index (Phi) is 3.91. The molecular weight excluding hydrogens is 266 g/mol. The van der Waals surface area contributed by atoms with E-state index in [1.807, 2.05) is 11.8 Å². The molecule has 1 unspecified atom stereocenters. The summed E-state index contributed by atoms with van der Waals surface area (Å²) in [5.74, 6) is 0.274. The number of ketones is 1. The summed E-state index contributed by atoms with van der Waals surface area (Å²) in [6.07, 6.45) is 0. The predicted molar refractivity (Wildman–Crippen MR) is 72.1 cm³/mol. The summed E-state index contributed by atoms with van der Waals surface area (Å²) in [6.45, 7) is 2.43. The molecule has 19 heavy (non-hydrogen) atoms. The van der Waals surface area contributed by atoms with Crippen LogP contribution in [0, 0.1) is 0 Å². The second-order valence-electron chi connectivity index (χ2n) is 4.90. The van der Waals surface area contributed by atoms with Crippen LogP contribution in [0.2, 0.25) is 0 Å². The van der Waals surface area contributed by atoms with Crippen molar-refractivity contribution in [2.75, 3.05) is 24.6 Å². The number of carbonyl (C=O) groups is 1. The van der Waals surface area contributed by atoms with Crippen molar-refractivity contribution >= 4 is 15.6 Å². The molecule has 0 saturated carbocycles. The molecule has 0 aliphatic carbocycles. The van der Waals surface area contributed by atoms with Crippen molar-refractivity contribution in [3.05, 3.63) is 29.8 Å². The van der Waals surface area contributed by atoms with Crippen molar-refractivity contribution < 1.29 is 18.3 Å². The molecule has 1 aliphatic heterocycles. The Labute approximate surface area is 112 Å². The number of sulfone groups is 1. The highest BCUT2D eigenvalue weighted by atomic mass is 32.2. The first-order chi connectivity index (χ1) is 8.87. The Morgan fingerprint density at radius 1 is 1.37 bits per heavy atom. The second kappa shape index (κ2) is 5.30. The number of rotatable bonds is 3. The molecule has 0 aromatic heterocycles. The van der Waals surface area contributed by atoms with E-state index in [4.69, 9.17) is 0 Å². The van der Waals surface area contributed by atoms with Crippen LogP contribution in [0.1, 0.15) is 17.3 Å². The third kappa shape index (κ3) is 3.54. The fraction of sp³-hybridized carbons (Fsp3) is 0.462. The molecule has 5 nitrogen and oxygen atoms in total. The number of nitrogens with zero attached hydrogens (tertiary/aromatic N) is 1. The van der Waals surface area contributed by atoms with Crippen molar-refractivity contribution in [2.24, 2.45) is 0 Å². The zero-order chi connectivity index (χ0) is 14.0. The lowest BCUT2D eigenvalue weighted by Crippen LogP contribution is -2.48. The summed E-state index contributed by atoms with van der Waals surface area (Å²) < 4.78 is 22.9. The smallest absolute Gasteiger partial charge is 0.176 e. The maximum atomic E-state index is 12.1. The van der Waals surface area contributed by atoms with Crippen LogP contribution in [-0.4, -0.2) is 54.8 Å². The number of phenols is 1. The lowest BCUT2D eigenvalue weighted by Gasteiger charge is -2.32. The Bertz CT molecular complexity index is 565. The minimum atomic E-state index is -2.96. The van der Waals surface area contributed by atoms with Crippen LogP contribution in [0.25, 0.3) is 0 Å². The van der Waals surface area contributed by atoms with Gasteiger partial charge in [0.2, 0.25) is 0 Å². The number of hydrogen-bond donors (Lipinski definition) is 1. The van der Waals surface area contributed by atoms with Gasteiger partial charge in [-0.1, -0.05) is 0 Å². The quantitative estimate of drug-likeness (QED) is 0.826. The van der Waals surface area contributed by atoms with Crippen molar-refractivity contribution in [3.63, 3.8) is 0 Å². The van der Waals surface area contributed by atoms with Gasteiger partial charge in [-0.25, -0.2) is 8.42 Å². The van der Waals surface area contributed by atoms with Gasteiger partial charge in [0.15, 0.2) is 15.6 Å². The number of carbonyl (C=O) groups excluding carboxylic acids is 1. The van der Waals surface area contributed by atoms with Gasteiger partial charge in [0, 0.05) is 18.2 Å². The highest BCUT2D eigenvalue weighted by molar-refractivity contribution is 7.91. The lowest BCUT2D eigenvalue weighted by atomic mass is 10.1.